The van der Waals surface area contributed by atoms with Gasteiger partial charge in [0.25, 0.3) is 0 Å². The molecule has 0 bridgehead atoms. The Morgan fingerprint density at radius 1 is 1.30 bits per heavy atom. The lowest BCUT2D eigenvalue weighted by molar-refractivity contribution is -0.274. The summed E-state index contributed by atoms with van der Waals surface area (Å²) in [5.41, 5.74) is 0.154. The van der Waals surface area contributed by atoms with Crippen LogP contribution in [0, 0.1) is 5.92 Å². The normalized spacial score (nSPS) is 13.8. The smallest absolute Gasteiger partial charge is 0.406 e. The van der Waals surface area contributed by atoms with Gasteiger partial charge in [0.1, 0.15) is 5.75 Å². The molecule has 1 unspecified atom stereocenters. The van der Waals surface area contributed by atoms with E-state index < -0.39 is 22.1 Å². The Morgan fingerprint density at radius 2 is 1.85 bits per heavy atom. The van der Waals surface area contributed by atoms with E-state index in [-0.39, 0.29) is 23.2 Å². The third kappa shape index (κ3) is 6.33. The van der Waals surface area contributed by atoms with Crippen molar-refractivity contribution in [2.45, 2.75) is 13.3 Å². The number of anilines is 1. The van der Waals surface area contributed by atoms with Crippen molar-refractivity contribution in [1.82, 2.24) is 0 Å². The van der Waals surface area contributed by atoms with Gasteiger partial charge in [0, 0.05) is 11.6 Å². The lowest BCUT2D eigenvalue weighted by atomic mass is 10.3. The zero-order valence-electron chi connectivity index (χ0n) is 10.4. The van der Waals surface area contributed by atoms with Crippen LogP contribution in [-0.2, 0) is 10.0 Å². The van der Waals surface area contributed by atoms with E-state index in [0.29, 0.717) is 0 Å². The van der Waals surface area contributed by atoms with Crippen molar-refractivity contribution >= 4 is 27.3 Å². The minimum atomic E-state index is -4.78. The summed E-state index contributed by atoms with van der Waals surface area (Å²) in [6, 6.07) is 4.42. The first kappa shape index (κ1) is 16.9. The number of benzene rings is 1. The molecule has 0 aliphatic rings. The predicted molar refractivity (Wildman–Crippen MR) is 70.4 cm³/mol. The van der Waals surface area contributed by atoms with E-state index in [1.54, 1.807) is 6.92 Å². The summed E-state index contributed by atoms with van der Waals surface area (Å²) in [5, 5.41) is 0. The number of hydrogen-bond acceptors (Lipinski definition) is 3. The summed E-state index contributed by atoms with van der Waals surface area (Å²) in [4.78, 5) is 0. The molecule has 1 rings (SSSR count). The minimum absolute atomic E-state index is 0.154. The first-order valence-electron chi connectivity index (χ1n) is 5.53. The molecule has 0 radical (unpaired) electrons. The molecule has 0 amide bonds. The van der Waals surface area contributed by atoms with Crippen molar-refractivity contribution in [3.63, 3.8) is 0 Å². The van der Waals surface area contributed by atoms with Crippen LogP contribution in [0.3, 0.4) is 0 Å². The average Bonchev–Trinajstić information content (AvgIpc) is 2.28. The number of rotatable bonds is 6. The predicted octanol–water partition coefficient (Wildman–Crippen LogP) is 3.20. The summed E-state index contributed by atoms with van der Waals surface area (Å²) in [6.45, 7) is 1.67. The largest absolute Gasteiger partial charge is 0.573 e. The highest BCUT2D eigenvalue weighted by atomic mass is 35.5. The van der Waals surface area contributed by atoms with Crippen LogP contribution in [-0.4, -0.2) is 26.4 Å². The highest BCUT2D eigenvalue weighted by Crippen LogP contribution is 2.24. The van der Waals surface area contributed by atoms with Gasteiger partial charge in [-0.05, 0) is 30.2 Å². The molecule has 114 valence electrons. The van der Waals surface area contributed by atoms with Crippen LogP contribution in [0.1, 0.15) is 6.92 Å². The SMILES string of the molecule is CC(CCl)CS(=O)(=O)Nc1ccc(OC(F)(F)F)cc1. The summed E-state index contributed by atoms with van der Waals surface area (Å²) >= 11 is 5.53. The van der Waals surface area contributed by atoms with Gasteiger partial charge in [-0.2, -0.15) is 0 Å². The summed E-state index contributed by atoms with van der Waals surface area (Å²) in [5.74, 6) is -0.632. The van der Waals surface area contributed by atoms with E-state index in [0.717, 1.165) is 12.1 Å². The van der Waals surface area contributed by atoms with Gasteiger partial charge < -0.3 is 4.74 Å². The van der Waals surface area contributed by atoms with E-state index in [1.807, 2.05) is 0 Å². The van der Waals surface area contributed by atoms with Gasteiger partial charge in [-0.15, -0.1) is 24.8 Å². The number of alkyl halides is 4. The fourth-order valence-corrected chi connectivity index (χ4v) is 3.05. The number of sulfonamides is 1. The van der Waals surface area contributed by atoms with E-state index in [4.69, 9.17) is 11.6 Å². The standard InChI is InChI=1S/C11H13ClF3NO3S/c1-8(6-12)7-20(17,18)16-9-2-4-10(5-3-9)19-11(13,14)15/h2-5,8,16H,6-7H2,1H3. The molecule has 0 saturated carbocycles. The van der Waals surface area contributed by atoms with Crippen LogP contribution in [0.4, 0.5) is 18.9 Å². The fraction of sp³-hybridized carbons (Fsp3) is 0.455. The number of nitrogens with one attached hydrogen (secondary N) is 1. The maximum Gasteiger partial charge on any atom is 0.573 e. The van der Waals surface area contributed by atoms with Gasteiger partial charge in [-0.25, -0.2) is 8.42 Å². The molecule has 1 aromatic carbocycles. The van der Waals surface area contributed by atoms with Crippen molar-refractivity contribution in [2.24, 2.45) is 5.92 Å². The average molecular weight is 332 g/mol. The number of hydrogen-bond donors (Lipinski definition) is 1. The van der Waals surface area contributed by atoms with E-state index in [9.17, 15) is 21.6 Å². The van der Waals surface area contributed by atoms with Crippen molar-refractivity contribution in [3.8, 4) is 5.75 Å². The zero-order chi connectivity index (χ0) is 15.4. The number of ether oxygens (including phenoxy) is 1. The fourth-order valence-electron chi connectivity index (χ4n) is 1.36. The van der Waals surface area contributed by atoms with Crippen LogP contribution in [0.5, 0.6) is 5.75 Å². The molecule has 1 aromatic rings. The Morgan fingerprint density at radius 3 is 2.30 bits per heavy atom. The molecule has 1 N–H and O–H groups in total. The molecule has 0 heterocycles. The molecule has 0 saturated heterocycles. The van der Waals surface area contributed by atoms with E-state index >= 15 is 0 Å². The second-order valence-electron chi connectivity index (χ2n) is 4.22. The zero-order valence-corrected chi connectivity index (χ0v) is 12.0. The molecule has 0 fully saturated rings. The van der Waals surface area contributed by atoms with Gasteiger partial charge in [0.2, 0.25) is 10.0 Å². The topological polar surface area (TPSA) is 55.4 Å². The van der Waals surface area contributed by atoms with Gasteiger partial charge in [0.15, 0.2) is 0 Å². The van der Waals surface area contributed by atoms with Crippen LogP contribution in [0.25, 0.3) is 0 Å². The highest BCUT2D eigenvalue weighted by Gasteiger charge is 2.31. The van der Waals surface area contributed by atoms with Gasteiger partial charge in [-0.3, -0.25) is 4.72 Å². The second-order valence-corrected chi connectivity index (χ2v) is 6.29. The molecular formula is C11H13ClF3NO3S. The maximum atomic E-state index is 11.9. The second kappa shape index (κ2) is 6.53. The van der Waals surface area contributed by atoms with Crippen LogP contribution in [0.2, 0.25) is 0 Å². The third-order valence-electron chi connectivity index (χ3n) is 2.13. The van der Waals surface area contributed by atoms with Crippen molar-refractivity contribution < 1.29 is 26.3 Å². The highest BCUT2D eigenvalue weighted by molar-refractivity contribution is 7.92. The third-order valence-corrected chi connectivity index (χ3v) is 4.21. The first-order valence-corrected chi connectivity index (χ1v) is 7.72. The Kier molecular flexibility index (Phi) is 5.52. The molecule has 4 nitrogen and oxygen atoms in total. The van der Waals surface area contributed by atoms with E-state index in [1.165, 1.54) is 12.1 Å². The molecule has 9 heteroatoms. The molecule has 0 spiro atoms. The minimum Gasteiger partial charge on any atom is -0.406 e. The van der Waals surface area contributed by atoms with E-state index in [2.05, 4.69) is 9.46 Å². The molecule has 0 aliphatic heterocycles. The van der Waals surface area contributed by atoms with Crippen LogP contribution < -0.4 is 9.46 Å². The Hall–Kier alpha value is -1.15. The quantitative estimate of drug-likeness (QED) is 0.814. The molecule has 0 aliphatic carbocycles. The Balaban J connectivity index is 2.70. The van der Waals surface area contributed by atoms with Crippen molar-refractivity contribution in [2.75, 3.05) is 16.4 Å². The molecule has 0 aromatic heterocycles. The lowest BCUT2D eigenvalue weighted by Crippen LogP contribution is -2.22. The molecule has 20 heavy (non-hydrogen) atoms. The van der Waals surface area contributed by atoms with Gasteiger partial charge in [-0.1, -0.05) is 6.92 Å². The van der Waals surface area contributed by atoms with Gasteiger partial charge >= 0.3 is 6.36 Å². The Labute approximate surface area is 119 Å². The monoisotopic (exact) mass is 331 g/mol. The Bertz CT molecular complexity index is 531. The first-order chi connectivity index (χ1) is 9.11. The maximum absolute atomic E-state index is 11.9. The van der Waals surface area contributed by atoms with Gasteiger partial charge in [0.05, 0.1) is 5.75 Å². The van der Waals surface area contributed by atoms with Crippen LogP contribution in [0.15, 0.2) is 24.3 Å². The van der Waals surface area contributed by atoms with Crippen molar-refractivity contribution in [3.05, 3.63) is 24.3 Å². The number of halogens is 4. The summed E-state index contributed by atoms with van der Waals surface area (Å²) in [7, 11) is -3.59. The summed E-state index contributed by atoms with van der Waals surface area (Å²) < 4.78 is 65.2. The summed E-state index contributed by atoms with van der Waals surface area (Å²) in [6.07, 6.45) is -4.78. The lowest BCUT2D eigenvalue weighted by Gasteiger charge is -2.12. The van der Waals surface area contributed by atoms with Crippen LogP contribution >= 0.6 is 11.6 Å². The molecular weight excluding hydrogens is 319 g/mol. The van der Waals surface area contributed by atoms with Crippen molar-refractivity contribution in [1.29, 1.82) is 0 Å². The molecule has 1 atom stereocenters.